The molecule has 22 heavy (non-hydrogen) atoms. The first-order valence-electron chi connectivity index (χ1n) is 8.32. The third kappa shape index (κ3) is 5.97. The van der Waals surface area contributed by atoms with Crippen molar-refractivity contribution in [1.29, 1.82) is 0 Å². The minimum absolute atomic E-state index is 0.133. The quantitative estimate of drug-likeness (QED) is 0.630. The first-order chi connectivity index (χ1) is 10.3. The molecule has 1 rings (SSSR count). The zero-order chi connectivity index (χ0) is 16.8. The summed E-state index contributed by atoms with van der Waals surface area (Å²) in [4.78, 5) is 14.4. The highest BCUT2D eigenvalue weighted by molar-refractivity contribution is 5.74. The van der Waals surface area contributed by atoms with E-state index < -0.39 is 6.10 Å². The number of carbonyl (C=O) groups is 1. The maximum atomic E-state index is 12.0. The summed E-state index contributed by atoms with van der Waals surface area (Å²) in [6.07, 6.45) is 3.43. The summed E-state index contributed by atoms with van der Waals surface area (Å²) in [7, 11) is 0. The van der Waals surface area contributed by atoms with Gasteiger partial charge in [-0.05, 0) is 18.8 Å². The second kappa shape index (κ2) is 8.53. The maximum absolute atomic E-state index is 12.0. The van der Waals surface area contributed by atoms with Gasteiger partial charge in [-0.2, -0.15) is 0 Å². The molecule has 1 aliphatic rings. The molecule has 1 saturated heterocycles. The topological polar surface area (TPSA) is 64.6 Å². The second-order valence-electron chi connectivity index (χ2n) is 7.37. The predicted octanol–water partition coefficient (Wildman–Crippen LogP) is 1.98. The van der Waals surface area contributed by atoms with Gasteiger partial charge >= 0.3 is 6.03 Å². The molecule has 2 amide bonds. The number of nitrogens with zero attached hydrogens (tertiary/aromatic N) is 1. The molecule has 1 atom stereocenters. The zero-order valence-electron chi connectivity index (χ0n) is 14.6. The number of aliphatic hydroxyl groups excluding tert-OH is 1. The van der Waals surface area contributed by atoms with Crippen molar-refractivity contribution < 1.29 is 9.90 Å². The Bertz CT molecular complexity index is 361. The minimum atomic E-state index is -0.435. The number of nitrogens with one attached hydrogen (secondary N) is 2. The van der Waals surface area contributed by atoms with Crippen LogP contribution in [0.1, 0.15) is 40.5 Å². The van der Waals surface area contributed by atoms with Crippen LogP contribution in [-0.4, -0.2) is 54.4 Å². The summed E-state index contributed by atoms with van der Waals surface area (Å²) in [5.74, 6) is 0.175. The summed E-state index contributed by atoms with van der Waals surface area (Å²) in [6.45, 7) is 15.1. The largest absolute Gasteiger partial charge is 0.392 e. The number of likely N-dealkylation sites (tertiary alicyclic amines) is 1. The van der Waals surface area contributed by atoms with Crippen molar-refractivity contribution in [3.63, 3.8) is 0 Å². The molecule has 5 nitrogen and oxygen atoms in total. The van der Waals surface area contributed by atoms with E-state index in [2.05, 4.69) is 22.1 Å². The molecule has 0 saturated carbocycles. The van der Waals surface area contributed by atoms with Crippen molar-refractivity contribution >= 4 is 6.03 Å². The van der Waals surface area contributed by atoms with E-state index in [0.29, 0.717) is 6.54 Å². The first-order valence-corrected chi connectivity index (χ1v) is 8.32. The van der Waals surface area contributed by atoms with Gasteiger partial charge in [0.15, 0.2) is 0 Å². The molecule has 128 valence electrons. The Kier molecular flexibility index (Phi) is 7.36. The molecule has 1 fully saturated rings. The lowest BCUT2D eigenvalue weighted by Crippen LogP contribution is -2.51. The minimum Gasteiger partial charge on any atom is -0.392 e. The van der Waals surface area contributed by atoms with Crippen LogP contribution >= 0.6 is 0 Å². The van der Waals surface area contributed by atoms with Gasteiger partial charge in [-0.3, -0.25) is 4.90 Å². The SMILES string of the molecule is C=CCN1CCC(NC(=O)NCC(C)(C)C(O)C(C)C)CC1. The van der Waals surface area contributed by atoms with Crippen molar-refractivity contribution in [2.24, 2.45) is 11.3 Å². The number of rotatable bonds is 7. The van der Waals surface area contributed by atoms with Gasteiger partial charge in [0.05, 0.1) is 6.10 Å². The molecular formula is C17H33N3O2. The lowest BCUT2D eigenvalue weighted by Gasteiger charge is -2.34. The van der Waals surface area contributed by atoms with E-state index in [4.69, 9.17) is 0 Å². The van der Waals surface area contributed by atoms with Gasteiger partial charge in [0, 0.05) is 37.6 Å². The van der Waals surface area contributed by atoms with Crippen molar-refractivity contribution in [1.82, 2.24) is 15.5 Å². The van der Waals surface area contributed by atoms with Crippen LogP contribution in [0.3, 0.4) is 0 Å². The molecule has 1 aliphatic heterocycles. The molecule has 0 radical (unpaired) electrons. The Hall–Kier alpha value is -1.07. The van der Waals surface area contributed by atoms with Crippen LogP contribution in [0.25, 0.3) is 0 Å². The lowest BCUT2D eigenvalue weighted by molar-refractivity contribution is 0.0151. The van der Waals surface area contributed by atoms with Crippen LogP contribution in [0, 0.1) is 11.3 Å². The van der Waals surface area contributed by atoms with E-state index in [1.54, 1.807) is 0 Å². The van der Waals surface area contributed by atoms with Crippen LogP contribution in [0.4, 0.5) is 4.79 Å². The zero-order valence-corrected chi connectivity index (χ0v) is 14.6. The maximum Gasteiger partial charge on any atom is 0.315 e. The predicted molar refractivity (Wildman–Crippen MR) is 90.8 cm³/mol. The van der Waals surface area contributed by atoms with E-state index >= 15 is 0 Å². The van der Waals surface area contributed by atoms with Crippen LogP contribution in [0.5, 0.6) is 0 Å². The van der Waals surface area contributed by atoms with Gasteiger partial charge in [0.2, 0.25) is 0 Å². The number of amides is 2. The summed E-state index contributed by atoms with van der Waals surface area (Å²) in [6, 6.07) is 0.102. The molecule has 5 heteroatoms. The highest BCUT2D eigenvalue weighted by Gasteiger charge is 2.30. The average molecular weight is 311 g/mol. The average Bonchev–Trinajstić information content (AvgIpc) is 2.46. The normalized spacial score (nSPS) is 19.0. The Morgan fingerprint density at radius 2 is 2.00 bits per heavy atom. The van der Waals surface area contributed by atoms with Crippen molar-refractivity contribution in [3.05, 3.63) is 12.7 Å². The molecule has 1 heterocycles. The van der Waals surface area contributed by atoms with E-state index in [0.717, 1.165) is 32.5 Å². The van der Waals surface area contributed by atoms with Gasteiger partial charge in [-0.15, -0.1) is 6.58 Å². The third-order valence-electron chi connectivity index (χ3n) is 4.45. The van der Waals surface area contributed by atoms with Gasteiger partial charge in [-0.25, -0.2) is 4.79 Å². The summed E-state index contributed by atoms with van der Waals surface area (Å²) in [5, 5.41) is 16.1. The van der Waals surface area contributed by atoms with Crippen molar-refractivity contribution in [2.75, 3.05) is 26.2 Å². The Labute approximate surface area is 135 Å². The fourth-order valence-corrected chi connectivity index (χ4v) is 2.99. The molecule has 0 bridgehead atoms. The molecule has 0 aromatic rings. The van der Waals surface area contributed by atoms with E-state index in [9.17, 15) is 9.90 Å². The monoisotopic (exact) mass is 311 g/mol. The van der Waals surface area contributed by atoms with E-state index in [1.165, 1.54) is 0 Å². The molecule has 0 aromatic heterocycles. The number of urea groups is 1. The Balaban J connectivity index is 2.31. The second-order valence-corrected chi connectivity index (χ2v) is 7.37. The molecule has 0 aliphatic carbocycles. The number of carbonyl (C=O) groups excluding carboxylic acids is 1. The number of piperidine rings is 1. The molecule has 1 unspecified atom stereocenters. The van der Waals surface area contributed by atoms with Crippen LogP contribution in [0.15, 0.2) is 12.7 Å². The van der Waals surface area contributed by atoms with Crippen molar-refractivity contribution in [2.45, 2.75) is 52.7 Å². The number of hydrogen-bond donors (Lipinski definition) is 3. The van der Waals surface area contributed by atoms with Crippen LogP contribution in [-0.2, 0) is 0 Å². The fourth-order valence-electron chi connectivity index (χ4n) is 2.99. The standard InChI is InChI=1S/C17H33N3O2/c1-6-9-20-10-7-14(8-11-20)19-16(22)18-12-17(4,5)15(21)13(2)3/h6,13-15,21H,1,7-12H2,2-5H3,(H2,18,19,22). The van der Waals surface area contributed by atoms with Gasteiger partial charge in [-0.1, -0.05) is 33.8 Å². The Morgan fingerprint density at radius 3 is 2.50 bits per heavy atom. The first kappa shape index (κ1) is 19.0. The van der Waals surface area contributed by atoms with Crippen LogP contribution in [0.2, 0.25) is 0 Å². The smallest absolute Gasteiger partial charge is 0.315 e. The highest BCUT2D eigenvalue weighted by atomic mass is 16.3. The number of aliphatic hydroxyl groups is 1. The molecule has 3 N–H and O–H groups in total. The van der Waals surface area contributed by atoms with Gasteiger partial charge in [0.1, 0.15) is 0 Å². The summed E-state index contributed by atoms with van der Waals surface area (Å²) < 4.78 is 0. The summed E-state index contributed by atoms with van der Waals surface area (Å²) >= 11 is 0. The molecule has 0 aromatic carbocycles. The lowest BCUT2D eigenvalue weighted by atomic mass is 9.81. The van der Waals surface area contributed by atoms with Gasteiger partial charge in [0.25, 0.3) is 0 Å². The summed E-state index contributed by atoms with van der Waals surface area (Å²) in [5.41, 5.74) is -0.334. The van der Waals surface area contributed by atoms with E-state index in [-0.39, 0.29) is 23.4 Å². The molecular weight excluding hydrogens is 278 g/mol. The Morgan fingerprint density at radius 1 is 1.41 bits per heavy atom. The fraction of sp³-hybridized carbons (Fsp3) is 0.824. The van der Waals surface area contributed by atoms with Crippen molar-refractivity contribution in [3.8, 4) is 0 Å². The molecule has 0 spiro atoms. The van der Waals surface area contributed by atoms with E-state index in [1.807, 2.05) is 33.8 Å². The van der Waals surface area contributed by atoms with Gasteiger partial charge < -0.3 is 15.7 Å². The van der Waals surface area contributed by atoms with Crippen LogP contribution < -0.4 is 10.6 Å². The highest BCUT2D eigenvalue weighted by Crippen LogP contribution is 2.25. The third-order valence-corrected chi connectivity index (χ3v) is 4.45. The number of hydrogen-bond acceptors (Lipinski definition) is 3.